The summed E-state index contributed by atoms with van der Waals surface area (Å²) in [6.07, 6.45) is 2.13. The fraction of sp³-hybridized carbons (Fsp3) is 0.500. The average molecular weight is 211 g/mol. The van der Waals surface area contributed by atoms with Crippen LogP contribution in [0.2, 0.25) is 0 Å². The maximum absolute atomic E-state index is 13.0. The first-order valence-corrected chi connectivity index (χ1v) is 5.35. The zero-order valence-corrected chi connectivity index (χ0v) is 8.76. The lowest BCUT2D eigenvalue weighted by Crippen LogP contribution is -2.31. The molecule has 0 unspecified atom stereocenters. The number of hydrogen-bond acceptors (Lipinski definition) is 1. The Bertz CT molecular complexity index is 343. The van der Waals surface area contributed by atoms with Gasteiger partial charge in [0.05, 0.1) is 0 Å². The smallest absolute Gasteiger partial charge is 0.159 e. The molecular weight excluding hydrogens is 196 g/mol. The number of hydrogen-bond donors (Lipinski definition) is 1. The van der Waals surface area contributed by atoms with Crippen molar-refractivity contribution in [2.24, 2.45) is 5.92 Å². The van der Waals surface area contributed by atoms with Crippen molar-refractivity contribution in [2.75, 3.05) is 6.54 Å². The Balaban J connectivity index is 2.12. The van der Waals surface area contributed by atoms with E-state index in [1.54, 1.807) is 6.07 Å². The second-order valence-corrected chi connectivity index (χ2v) is 4.32. The molecule has 1 aromatic rings. The molecule has 1 saturated heterocycles. The minimum atomic E-state index is -0.775. The Morgan fingerprint density at radius 3 is 2.60 bits per heavy atom. The van der Waals surface area contributed by atoms with Crippen LogP contribution in [0.25, 0.3) is 0 Å². The summed E-state index contributed by atoms with van der Waals surface area (Å²) < 4.78 is 25.7. The third-order valence-electron chi connectivity index (χ3n) is 3.01. The molecule has 0 aromatic heterocycles. The molecule has 0 radical (unpaired) electrons. The highest BCUT2D eigenvalue weighted by Gasteiger charge is 2.19. The van der Waals surface area contributed by atoms with Crippen LogP contribution in [-0.2, 0) is 0 Å². The van der Waals surface area contributed by atoms with Crippen LogP contribution in [0.15, 0.2) is 18.2 Å². The standard InChI is InChI=1S/C12H15F2N/c1-8-2-5-12(15-7-8)9-3-4-10(13)11(14)6-9/h3-4,6,8,12,15H,2,5,7H2,1H3/t8-,12+/m0/s1. The number of piperidine rings is 1. The van der Waals surface area contributed by atoms with Crippen LogP contribution in [0.3, 0.4) is 0 Å². The lowest BCUT2D eigenvalue weighted by atomic mass is 9.92. The fourth-order valence-corrected chi connectivity index (χ4v) is 2.01. The van der Waals surface area contributed by atoms with Gasteiger partial charge in [-0.15, -0.1) is 0 Å². The minimum absolute atomic E-state index is 0.177. The predicted molar refractivity (Wildman–Crippen MR) is 55.5 cm³/mol. The zero-order chi connectivity index (χ0) is 10.8. The third kappa shape index (κ3) is 2.34. The molecule has 0 aliphatic carbocycles. The summed E-state index contributed by atoms with van der Waals surface area (Å²) in [5.41, 5.74) is 0.848. The van der Waals surface area contributed by atoms with Crippen LogP contribution in [0.4, 0.5) is 8.78 Å². The highest BCUT2D eigenvalue weighted by atomic mass is 19.2. The SMILES string of the molecule is C[C@H]1CC[C@H](c2ccc(F)c(F)c2)NC1. The van der Waals surface area contributed by atoms with Crippen molar-refractivity contribution < 1.29 is 8.78 Å². The van der Waals surface area contributed by atoms with Crippen molar-refractivity contribution in [2.45, 2.75) is 25.8 Å². The van der Waals surface area contributed by atoms with E-state index in [9.17, 15) is 8.78 Å². The molecule has 0 amide bonds. The molecule has 1 nitrogen and oxygen atoms in total. The normalized spacial score (nSPS) is 26.6. The van der Waals surface area contributed by atoms with Gasteiger partial charge < -0.3 is 5.32 Å². The maximum atomic E-state index is 13.0. The lowest BCUT2D eigenvalue weighted by Gasteiger charge is -2.28. The van der Waals surface area contributed by atoms with E-state index in [1.807, 2.05) is 0 Å². The van der Waals surface area contributed by atoms with Gasteiger partial charge in [-0.2, -0.15) is 0 Å². The molecule has 1 aromatic carbocycles. The molecule has 1 aliphatic heterocycles. The molecule has 1 heterocycles. The Hall–Kier alpha value is -0.960. The van der Waals surface area contributed by atoms with Gasteiger partial charge in [0.2, 0.25) is 0 Å². The van der Waals surface area contributed by atoms with E-state index in [1.165, 1.54) is 12.1 Å². The summed E-state index contributed by atoms with van der Waals surface area (Å²) >= 11 is 0. The van der Waals surface area contributed by atoms with Crippen LogP contribution >= 0.6 is 0 Å². The molecule has 0 spiro atoms. The summed E-state index contributed by atoms with van der Waals surface area (Å²) in [7, 11) is 0. The van der Waals surface area contributed by atoms with Crippen LogP contribution in [0.1, 0.15) is 31.4 Å². The first kappa shape index (κ1) is 10.6. The summed E-state index contributed by atoms with van der Waals surface area (Å²) in [5, 5.41) is 3.34. The van der Waals surface area contributed by atoms with Crippen LogP contribution < -0.4 is 5.32 Å². The molecule has 3 heteroatoms. The van der Waals surface area contributed by atoms with Crippen molar-refractivity contribution in [1.29, 1.82) is 0 Å². The van der Waals surface area contributed by atoms with Crippen molar-refractivity contribution in [1.82, 2.24) is 5.32 Å². The van der Waals surface area contributed by atoms with Gasteiger partial charge in [0.15, 0.2) is 11.6 Å². The molecule has 1 fully saturated rings. The molecule has 2 rings (SSSR count). The molecule has 82 valence electrons. The van der Waals surface area contributed by atoms with Crippen molar-refractivity contribution in [3.63, 3.8) is 0 Å². The van der Waals surface area contributed by atoms with Crippen molar-refractivity contribution in [3.8, 4) is 0 Å². The Labute approximate surface area is 88.5 Å². The van der Waals surface area contributed by atoms with E-state index in [4.69, 9.17) is 0 Å². The van der Waals surface area contributed by atoms with Gasteiger partial charge in [-0.25, -0.2) is 8.78 Å². The topological polar surface area (TPSA) is 12.0 Å². The van der Waals surface area contributed by atoms with Gasteiger partial charge in [0, 0.05) is 6.04 Å². The van der Waals surface area contributed by atoms with Crippen LogP contribution in [-0.4, -0.2) is 6.54 Å². The summed E-state index contributed by atoms with van der Waals surface area (Å²) in [6, 6.07) is 4.33. The number of nitrogens with one attached hydrogen (secondary N) is 1. The third-order valence-corrected chi connectivity index (χ3v) is 3.01. The first-order chi connectivity index (χ1) is 7.16. The van der Waals surface area contributed by atoms with E-state index in [0.29, 0.717) is 5.92 Å². The van der Waals surface area contributed by atoms with E-state index in [2.05, 4.69) is 12.2 Å². The Morgan fingerprint density at radius 2 is 2.00 bits per heavy atom. The molecule has 1 N–H and O–H groups in total. The molecule has 0 bridgehead atoms. The quantitative estimate of drug-likeness (QED) is 0.753. The van der Waals surface area contributed by atoms with E-state index < -0.39 is 11.6 Å². The molecule has 2 atom stereocenters. The average Bonchev–Trinajstić information content (AvgIpc) is 2.23. The second kappa shape index (κ2) is 4.27. The predicted octanol–water partition coefficient (Wildman–Crippen LogP) is 3.03. The minimum Gasteiger partial charge on any atom is -0.310 e. The van der Waals surface area contributed by atoms with Crippen LogP contribution in [0.5, 0.6) is 0 Å². The second-order valence-electron chi connectivity index (χ2n) is 4.32. The van der Waals surface area contributed by atoms with Crippen LogP contribution in [0, 0.1) is 17.6 Å². The largest absolute Gasteiger partial charge is 0.310 e. The van der Waals surface area contributed by atoms with Gasteiger partial charge in [-0.3, -0.25) is 0 Å². The van der Waals surface area contributed by atoms with Crippen molar-refractivity contribution >= 4 is 0 Å². The van der Waals surface area contributed by atoms with Gasteiger partial charge in [0.1, 0.15) is 0 Å². The van der Waals surface area contributed by atoms with Gasteiger partial charge >= 0.3 is 0 Å². The van der Waals surface area contributed by atoms with E-state index in [-0.39, 0.29) is 6.04 Å². The molecule has 1 aliphatic rings. The maximum Gasteiger partial charge on any atom is 0.159 e. The zero-order valence-electron chi connectivity index (χ0n) is 8.76. The molecular formula is C12H15F2N. The molecule has 15 heavy (non-hydrogen) atoms. The summed E-state index contributed by atoms with van der Waals surface area (Å²) in [6.45, 7) is 3.14. The highest BCUT2D eigenvalue weighted by molar-refractivity contribution is 5.21. The van der Waals surface area contributed by atoms with Gasteiger partial charge in [0.25, 0.3) is 0 Å². The Morgan fingerprint density at radius 1 is 1.20 bits per heavy atom. The first-order valence-electron chi connectivity index (χ1n) is 5.35. The van der Waals surface area contributed by atoms with Crippen molar-refractivity contribution in [3.05, 3.63) is 35.4 Å². The van der Waals surface area contributed by atoms with E-state index in [0.717, 1.165) is 24.9 Å². The monoisotopic (exact) mass is 211 g/mol. The lowest BCUT2D eigenvalue weighted by molar-refractivity contribution is 0.332. The van der Waals surface area contributed by atoms with Gasteiger partial charge in [-0.05, 0) is 43.0 Å². The number of halogens is 2. The highest BCUT2D eigenvalue weighted by Crippen LogP contribution is 2.26. The fourth-order valence-electron chi connectivity index (χ4n) is 2.01. The summed E-state index contributed by atoms with van der Waals surface area (Å²) in [4.78, 5) is 0. The van der Waals surface area contributed by atoms with E-state index >= 15 is 0 Å². The summed E-state index contributed by atoms with van der Waals surface area (Å²) in [5.74, 6) is -0.859. The molecule has 0 saturated carbocycles. The van der Waals surface area contributed by atoms with Gasteiger partial charge in [-0.1, -0.05) is 13.0 Å². The number of rotatable bonds is 1. The Kier molecular flexibility index (Phi) is 3.00. The number of benzene rings is 1.